The number of carbonyl (C=O) groups is 2. The molecule has 0 saturated carbocycles. The van der Waals surface area contributed by atoms with Crippen molar-refractivity contribution in [2.75, 3.05) is 26.4 Å². The Morgan fingerprint density at radius 1 is 1.10 bits per heavy atom. The summed E-state index contributed by atoms with van der Waals surface area (Å²) < 4.78 is 10.7. The van der Waals surface area contributed by atoms with Gasteiger partial charge in [0.25, 0.3) is 0 Å². The third-order valence-electron chi connectivity index (χ3n) is 5.28. The first-order valence-corrected chi connectivity index (χ1v) is 9.90. The molecular formula is C22H25N3O4. The molecule has 1 fully saturated rings. The van der Waals surface area contributed by atoms with Crippen molar-refractivity contribution in [3.05, 3.63) is 59.7 Å². The Morgan fingerprint density at radius 3 is 2.79 bits per heavy atom. The molecule has 7 nitrogen and oxygen atoms in total. The predicted molar refractivity (Wildman–Crippen MR) is 108 cm³/mol. The van der Waals surface area contributed by atoms with E-state index in [9.17, 15) is 9.59 Å². The van der Waals surface area contributed by atoms with Crippen LogP contribution in [0.4, 0.5) is 0 Å². The molecule has 2 N–H and O–H groups in total. The normalized spacial score (nSPS) is 18.3. The van der Waals surface area contributed by atoms with Crippen LogP contribution in [0.25, 0.3) is 0 Å². The van der Waals surface area contributed by atoms with Gasteiger partial charge in [0.05, 0.1) is 12.5 Å². The maximum absolute atomic E-state index is 12.5. The smallest absolute Gasteiger partial charge is 0.237 e. The molecule has 1 saturated heterocycles. The van der Waals surface area contributed by atoms with E-state index in [0.717, 1.165) is 25.1 Å². The highest BCUT2D eigenvalue weighted by Crippen LogP contribution is 2.32. The Morgan fingerprint density at radius 2 is 1.93 bits per heavy atom. The lowest BCUT2D eigenvalue weighted by Gasteiger charge is -2.34. The first-order chi connectivity index (χ1) is 14.2. The first kappa shape index (κ1) is 19.3. The monoisotopic (exact) mass is 395 g/mol. The molecule has 7 heteroatoms. The SMILES string of the molecule is O=C(CC1C(=O)NCCN1CCc1ccccc1)NCc1ccc2c(c1)OCO2. The molecule has 2 amide bonds. The molecule has 1 atom stereocenters. The summed E-state index contributed by atoms with van der Waals surface area (Å²) in [6.07, 6.45) is 0.995. The second-order valence-corrected chi connectivity index (χ2v) is 7.25. The summed E-state index contributed by atoms with van der Waals surface area (Å²) in [5.41, 5.74) is 2.15. The number of nitrogens with one attached hydrogen (secondary N) is 2. The maximum atomic E-state index is 12.5. The van der Waals surface area contributed by atoms with Gasteiger partial charge in [-0.3, -0.25) is 14.5 Å². The van der Waals surface area contributed by atoms with Crippen molar-refractivity contribution in [2.24, 2.45) is 0 Å². The van der Waals surface area contributed by atoms with Gasteiger partial charge in [0.15, 0.2) is 11.5 Å². The summed E-state index contributed by atoms with van der Waals surface area (Å²) in [6, 6.07) is 15.3. The number of carbonyl (C=O) groups excluding carboxylic acids is 2. The number of nitrogens with zero attached hydrogens (tertiary/aromatic N) is 1. The van der Waals surface area contributed by atoms with Crippen molar-refractivity contribution < 1.29 is 19.1 Å². The van der Waals surface area contributed by atoms with Gasteiger partial charge in [-0.15, -0.1) is 0 Å². The third-order valence-corrected chi connectivity index (χ3v) is 5.28. The van der Waals surface area contributed by atoms with Crippen molar-refractivity contribution >= 4 is 11.8 Å². The number of hydrogen-bond acceptors (Lipinski definition) is 5. The molecule has 2 aliphatic heterocycles. The topological polar surface area (TPSA) is 79.9 Å². The van der Waals surface area contributed by atoms with Gasteiger partial charge in [0.1, 0.15) is 0 Å². The fourth-order valence-corrected chi connectivity index (χ4v) is 3.67. The Labute approximate surface area is 170 Å². The molecule has 29 heavy (non-hydrogen) atoms. The largest absolute Gasteiger partial charge is 0.454 e. The zero-order valence-corrected chi connectivity index (χ0v) is 16.2. The van der Waals surface area contributed by atoms with Crippen LogP contribution >= 0.6 is 0 Å². The molecule has 2 aromatic carbocycles. The fourth-order valence-electron chi connectivity index (χ4n) is 3.67. The molecule has 0 aromatic heterocycles. The summed E-state index contributed by atoms with van der Waals surface area (Å²) in [6.45, 7) is 2.72. The second kappa shape index (κ2) is 8.96. The summed E-state index contributed by atoms with van der Waals surface area (Å²) in [4.78, 5) is 27.0. The lowest BCUT2D eigenvalue weighted by atomic mass is 10.1. The van der Waals surface area contributed by atoms with E-state index < -0.39 is 6.04 Å². The molecule has 0 radical (unpaired) electrons. The van der Waals surface area contributed by atoms with Gasteiger partial charge in [-0.2, -0.15) is 0 Å². The summed E-state index contributed by atoms with van der Waals surface area (Å²) in [5, 5.41) is 5.79. The predicted octanol–water partition coefficient (Wildman–Crippen LogP) is 1.46. The van der Waals surface area contributed by atoms with Crippen LogP contribution in [0.3, 0.4) is 0 Å². The molecule has 0 bridgehead atoms. The first-order valence-electron chi connectivity index (χ1n) is 9.90. The van der Waals surface area contributed by atoms with Crippen LogP contribution in [-0.2, 0) is 22.6 Å². The van der Waals surface area contributed by atoms with Gasteiger partial charge in [-0.25, -0.2) is 0 Å². The lowest BCUT2D eigenvalue weighted by Crippen LogP contribution is -2.56. The molecule has 0 spiro atoms. The zero-order chi connectivity index (χ0) is 20.1. The highest BCUT2D eigenvalue weighted by Gasteiger charge is 2.31. The van der Waals surface area contributed by atoms with Crippen molar-refractivity contribution in [2.45, 2.75) is 25.4 Å². The van der Waals surface area contributed by atoms with Crippen LogP contribution in [-0.4, -0.2) is 49.2 Å². The van der Waals surface area contributed by atoms with Crippen LogP contribution in [0, 0.1) is 0 Å². The standard InChI is InChI=1S/C22H25N3O4/c26-21(24-14-17-6-7-19-20(12-17)29-15-28-19)13-18-22(27)23-9-11-25(18)10-8-16-4-2-1-3-5-16/h1-7,12,18H,8-11,13-15H2,(H,23,27)(H,24,26). The summed E-state index contributed by atoms with van der Waals surface area (Å²) >= 11 is 0. The van der Waals surface area contributed by atoms with E-state index in [1.807, 2.05) is 36.4 Å². The van der Waals surface area contributed by atoms with Crippen LogP contribution in [0.5, 0.6) is 11.5 Å². The molecule has 2 heterocycles. The van der Waals surface area contributed by atoms with E-state index in [-0.39, 0.29) is 25.0 Å². The number of ether oxygens (including phenoxy) is 2. The molecule has 2 aliphatic rings. The van der Waals surface area contributed by atoms with E-state index in [1.54, 1.807) is 0 Å². The highest BCUT2D eigenvalue weighted by molar-refractivity contribution is 5.88. The minimum atomic E-state index is -0.441. The van der Waals surface area contributed by atoms with Gasteiger partial charge >= 0.3 is 0 Å². The summed E-state index contributed by atoms with van der Waals surface area (Å²) in [7, 11) is 0. The Bertz CT molecular complexity index is 872. The Kier molecular flexibility index (Phi) is 5.95. The molecule has 152 valence electrons. The number of hydrogen-bond donors (Lipinski definition) is 2. The van der Waals surface area contributed by atoms with Crippen LogP contribution in [0.2, 0.25) is 0 Å². The number of piperazine rings is 1. The van der Waals surface area contributed by atoms with Gasteiger partial charge in [-0.1, -0.05) is 36.4 Å². The van der Waals surface area contributed by atoms with Crippen molar-refractivity contribution in [3.8, 4) is 11.5 Å². The minimum Gasteiger partial charge on any atom is -0.454 e. The van der Waals surface area contributed by atoms with E-state index >= 15 is 0 Å². The number of rotatable bonds is 7. The Balaban J connectivity index is 1.31. The molecule has 2 aromatic rings. The fraction of sp³-hybridized carbons (Fsp3) is 0.364. The quantitative estimate of drug-likeness (QED) is 0.742. The third kappa shape index (κ3) is 4.86. The molecule has 4 rings (SSSR count). The molecule has 1 unspecified atom stereocenters. The number of amides is 2. The average molecular weight is 395 g/mol. The zero-order valence-electron chi connectivity index (χ0n) is 16.2. The van der Waals surface area contributed by atoms with Crippen molar-refractivity contribution in [1.82, 2.24) is 15.5 Å². The Hall–Kier alpha value is -3.06. The second-order valence-electron chi connectivity index (χ2n) is 7.25. The van der Waals surface area contributed by atoms with Gasteiger partial charge in [0.2, 0.25) is 18.6 Å². The lowest BCUT2D eigenvalue weighted by molar-refractivity contribution is -0.133. The van der Waals surface area contributed by atoms with Crippen LogP contribution in [0.1, 0.15) is 17.5 Å². The van der Waals surface area contributed by atoms with Gasteiger partial charge in [-0.05, 0) is 29.7 Å². The van der Waals surface area contributed by atoms with E-state index in [2.05, 4.69) is 27.7 Å². The van der Waals surface area contributed by atoms with Gasteiger partial charge < -0.3 is 20.1 Å². The van der Waals surface area contributed by atoms with Crippen LogP contribution in [0.15, 0.2) is 48.5 Å². The highest BCUT2D eigenvalue weighted by atomic mass is 16.7. The molecular weight excluding hydrogens is 370 g/mol. The minimum absolute atomic E-state index is 0.0810. The van der Waals surface area contributed by atoms with E-state index in [4.69, 9.17) is 9.47 Å². The number of fused-ring (bicyclic) bond motifs is 1. The number of benzene rings is 2. The van der Waals surface area contributed by atoms with Crippen molar-refractivity contribution in [3.63, 3.8) is 0 Å². The van der Waals surface area contributed by atoms with Crippen LogP contribution < -0.4 is 20.1 Å². The van der Waals surface area contributed by atoms with Gasteiger partial charge in [0, 0.05) is 26.2 Å². The summed E-state index contributed by atoms with van der Waals surface area (Å²) in [5.74, 6) is 1.18. The molecule has 0 aliphatic carbocycles. The van der Waals surface area contributed by atoms with E-state index in [1.165, 1.54) is 5.56 Å². The average Bonchev–Trinajstić information content (AvgIpc) is 3.21. The maximum Gasteiger partial charge on any atom is 0.237 e. The van der Waals surface area contributed by atoms with E-state index in [0.29, 0.717) is 24.6 Å². The van der Waals surface area contributed by atoms with Crippen molar-refractivity contribution in [1.29, 1.82) is 0 Å².